The first-order chi connectivity index (χ1) is 15.0. The van der Waals surface area contributed by atoms with E-state index in [1.165, 1.54) is 28.0 Å². The number of hydrogen-bond acceptors (Lipinski definition) is 7. The zero-order valence-electron chi connectivity index (χ0n) is 16.6. The van der Waals surface area contributed by atoms with E-state index < -0.39 is 24.4 Å². The Balaban J connectivity index is 1.64. The van der Waals surface area contributed by atoms with Gasteiger partial charge in [0.1, 0.15) is 0 Å². The molecule has 3 rings (SSSR count). The Labute approximate surface area is 188 Å². The Hall–Kier alpha value is -3.17. The van der Waals surface area contributed by atoms with Gasteiger partial charge in [0.25, 0.3) is 5.91 Å². The summed E-state index contributed by atoms with van der Waals surface area (Å²) in [6.07, 6.45) is 0.00464. The average Bonchev–Trinajstić information content (AvgIpc) is 3.30. The number of aromatic nitrogens is 1. The van der Waals surface area contributed by atoms with Gasteiger partial charge in [0, 0.05) is 34.7 Å². The topological polar surface area (TPSA) is 103 Å². The smallest absolute Gasteiger partial charge is 0.339 e. The lowest BCUT2D eigenvalue weighted by atomic mass is 10.2. The van der Waals surface area contributed by atoms with Crippen LogP contribution in [0.1, 0.15) is 22.5 Å². The van der Waals surface area contributed by atoms with E-state index >= 15 is 0 Å². The van der Waals surface area contributed by atoms with Gasteiger partial charge >= 0.3 is 5.97 Å². The maximum Gasteiger partial charge on any atom is 0.339 e. The Bertz CT molecular complexity index is 1030. The number of esters is 1. The van der Waals surface area contributed by atoms with Crippen LogP contribution >= 0.6 is 23.1 Å². The van der Waals surface area contributed by atoms with Crippen molar-refractivity contribution in [1.82, 2.24) is 4.98 Å². The van der Waals surface area contributed by atoms with Crippen molar-refractivity contribution in [2.75, 3.05) is 18.1 Å². The summed E-state index contributed by atoms with van der Waals surface area (Å²) in [4.78, 5) is 43.0. The number of para-hydroxylation sites is 1. The first kappa shape index (κ1) is 22.5. The molecule has 31 heavy (non-hydrogen) atoms. The van der Waals surface area contributed by atoms with Crippen molar-refractivity contribution in [3.05, 3.63) is 76.7 Å². The van der Waals surface area contributed by atoms with Crippen molar-refractivity contribution in [1.29, 1.82) is 0 Å². The molecule has 9 heteroatoms. The quantitative estimate of drug-likeness (QED) is 0.371. The van der Waals surface area contributed by atoms with Crippen molar-refractivity contribution in [2.45, 2.75) is 17.1 Å². The molecular weight excluding hydrogens is 434 g/mol. The number of amides is 2. The highest BCUT2D eigenvalue weighted by atomic mass is 32.2. The standard InChI is InChI=1S/C22H21N3O4S2/c23-20(26)10-11-25(17-6-2-1-3-7-17)21(27)12-29-22(28)18-8-4-5-9-19(18)31-14-16-13-30-15-24-16/h1-9,13,15H,10-12,14H2,(H2,23,26). The number of anilines is 1. The molecule has 1 heterocycles. The first-order valence-corrected chi connectivity index (χ1v) is 11.4. The van der Waals surface area contributed by atoms with Gasteiger partial charge in [-0.15, -0.1) is 23.1 Å². The van der Waals surface area contributed by atoms with E-state index in [1.807, 2.05) is 23.6 Å². The van der Waals surface area contributed by atoms with Crippen LogP contribution in [0.3, 0.4) is 0 Å². The van der Waals surface area contributed by atoms with Gasteiger partial charge in [-0.3, -0.25) is 9.59 Å². The lowest BCUT2D eigenvalue weighted by Gasteiger charge is -2.22. The van der Waals surface area contributed by atoms with Gasteiger partial charge in [-0.05, 0) is 24.3 Å². The fraction of sp³-hybridized carbons (Fsp3) is 0.182. The minimum Gasteiger partial charge on any atom is -0.452 e. The Kier molecular flexibility index (Phi) is 8.19. The van der Waals surface area contributed by atoms with Gasteiger partial charge in [0.2, 0.25) is 5.91 Å². The summed E-state index contributed by atoms with van der Waals surface area (Å²) in [6.45, 7) is -0.340. The molecule has 0 saturated heterocycles. The number of rotatable bonds is 10. The number of nitrogens with zero attached hydrogens (tertiary/aromatic N) is 2. The van der Waals surface area contributed by atoms with E-state index in [4.69, 9.17) is 10.5 Å². The van der Waals surface area contributed by atoms with Crippen LogP contribution in [0.15, 0.2) is 70.4 Å². The van der Waals surface area contributed by atoms with Gasteiger partial charge in [-0.2, -0.15) is 0 Å². The van der Waals surface area contributed by atoms with E-state index in [0.29, 0.717) is 17.0 Å². The van der Waals surface area contributed by atoms with Crippen LogP contribution in [0.2, 0.25) is 0 Å². The van der Waals surface area contributed by atoms with E-state index in [2.05, 4.69) is 4.98 Å². The van der Waals surface area contributed by atoms with Crippen molar-refractivity contribution < 1.29 is 19.1 Å². The van der Waals surface area contributed by atoms with Gasteiger partial charge in [-0.25, -0.2) is 9.78 Å². The number of ether oxygens (including phenoxy) is 1. The number of thiazole rings is 1. The van der Waals surface area contributed by atoms with E-state index in [1.54, 1.807) is 41.9 Å². The number of nitrogens with two attached hydrogens (primary N) is 1. The molecule has 2 N–H and O–H groups in total. The highest BCUT2D eigenvalue weighted by Gasteiger charge is 2.20. The largest absolute Gasteiger partial charge is 0.452 e. The highest BCUT2D eigenvalue weighted by molar-refractivity contribution is 7.98. The van der Waals surface area contributed by atoms with Crippen molar-refractivity contribution >= 4 is 46.6 Å². The van der Waals surface area contributed by atoms with E-state index in [-0.39, 0.29) is 13.0 Å². The lowest BCUT2D eigenvalue weighted by molar-refractivity contribution is -0.121. The third kappa shape index (κ3) is 6.66. The average molecular weight is 456 g/mol. The Morgan fingerprint density at radius 1 is 1.06 bits per heavy atom. The van der Waals surface area contributed by atoms with Crippen molar-refractivity contribution in [3.63, 3.8) is 0 Å². The fourth-order valence-electron chi connectivity index (χ4n) is 2.73. The third-order valence-corrected chi connectivity index (χ3v) is 5.99. The van der Waals surface area contributed by atoms with Crippen LogP contribution in [-0.4, -0.2) is 35.9 Å². The molecule has 0 saturated carbocycles. The SMILES string of the molecule is NC(=O)CCN(C(=O)COC(=O)c1ccccc1SCc1cscn1)c1ccccc1. The molecular formula is C22H21N3O4S2. The maximum absolute atomic E-state index is 12.7. The van der Waals surface area contributed by atoms with Gasteiger partial charge in [-0.1, -0.05) is 30.3 Å². The number of benzene rings is 2. The normalized spacial score (nSPS) is 10.5. The van der Waals surface area contributed by atoms with Crippen LogP contribution < -0.4 is 10.6 Å². The van der Waals surface area contributed by atoms with Crippen LogP contribution in [-0.2, 0) is 20.1 Å². The van der Waals surface area contributed by atoms with Crippen LogP contribution in [0.4, 0.5) is 5.69 Å². The van der Waals surface area contributed by atoms with Crippen molar-refractivity contribution in [2.24, 2.45) is 5.73 Å². The molecule has 160 valence electrons. The monoisotopic (exact) mass is 455 g/mol. The molecule has 0 bridgehead atoms. The molecule has 3 aromatic rings. The molecule has 0 radical (unpaired) electrons. The number of carbonyl (C=O) groups is 3. The minimum absolute atomic E-state index is 0.00464. The van der Waals surface area contributed by atoms with Crippen LogP contribution in [0.25, 0.3) is 0 Å². The van der Waals surface area contributed by atoms with E-state index in [0.717, 1.165) is 10.6 Å². The second kappa shape index (κ2) is 11.3. The van der Waals surface area contributed by atoms with Crippen LogP contribution in [0, 0.1) is 0 Å². The predicted molar refractivity (Wildman–Crippen MR) is 121 cm³/mol. The number of hydrogen-bond donors (Lipinski definition) is 1. The molecule has 0 aliphatic carbocycles. The van der Waals surface area contributed by atoms with Gasteiger partial charge in [0.05, 0.1) is 16.8 Å². The minimum atomic E-state index is -0.586. The summed E-state index contributed by atoms with van der Waals surface area (Å²) < 4.78 is 5.30. The molecule has 1 aromatic heterocycles. The molecule has 0 atom stereocenters. The Morgan fingerprint density at radius 2 is 1.81 bits per heavy atom. The number of thioether (sulfide) groups is 1. The maximum atomic E-state index is 12.7. The predicted octanol–water partition coefficient (Wildman–Crippen LogP) is 3.50. The molecule has 2 aromatic carbocycles. The number of carbonyl (C=O) groups excluding carboxylic acids is 3. The second-order valence-corrected chi connectivity index (χ2v) is 8.17. The third-order valence-electron chi connectivity index (χ3n) is 4.24. The summed E-state index contributed by atoms with van der Waals surface area (Å²) in [5, 5.41) is 1.96. The second-order valence-electron chi connectivity index (χ2n) is 6.44. The van der Waals surface area contributed by atoms with Gasteiger partial charge < -0.3 is 15.4 Å². The Morgan fingerprint density at radius 3 is 2.52 bits per heavy atom. The lowest BCUT2D eigenvalue weighted by Crippen LogP contribution is -2.37. The fourth-order valence-corrected chi connectivity index (χ4v) is 4.34. The van der Waals surface area contributed by atoms with Crippen LogP contribution in [0.5, 0.6) is 0 Å². The summed E-state index contributed by atoms with van der Waals surface area (Å²) in [7, 11) is 0. The summed E-state index contributed by atoms with van der Waals surface area (Å²) in [5.74, 6) is -0.912. The van der Waals surface area contributed by atoms with Crippen molar-refractivity contribution in [3.8, 4) is 0 Å². The molecule has 0 aliphatic rings. The summed E-state index contributed by atoms with van der Waals surface area (Å²) >= 11 is 2.99. The zero-order chi connectivity index (χ0) is 22.1. The molecule has 0 fully saturated rings. The van der Waals surface area contributed by atoms with Gasteiger partial charge in [0.15, 0.2) is 6.61 Å². The summed E-state index contributed by atoms with van der Waals surface area (Å²) in [6, 6.07) is 15.9. The molecule has 0 aliphatic heterocycles. The molecule has 0 spiro atoms. The molecule has 7 nitrogen and oxygen atoms in total. The first-order valence-electron chi connectivity index (χ1n) is 9.44. The highest BCUT2D eigenvalue weighted by Crippen LogP contribution is 2.27. The van der Waals surface area contributed by atoms with E-state index in [9.17, 15) is 14.4 Å². The summed E-state index contributed by atoms with van der Waals surface area (Å²) in [5.41, 5.74) is 8.91. The number of primary amides is 1. The molecule has 0 unspecified atom stereocenters. The zero-order valence-corrected chi connectivity index (χ0v) is 18.2. The molecule has 2 amide bonds.